The third kappa shape index (κ3) is 13.6. The average molecular weight is 1110 g/mol. The van der Waals surface area contributed by atoms with Crippen LogP contribution in [0.1, 0.15) is 99.7 Å². The maximum absolute atomic E-state index is 13.9. The fraction of sp³-hybridized carbons (Fsp3) is 0.393. The Bertz CT molecular complexity index is 3150. The second kappa shape index (κ2) is 26.0. The molecule has 3 unspecified atom stereocenters. The Hall–Kier alpha value is -8.81. The molecule has 3 atom stereocenters. The minimum atomic E-state index is -0.956. The van der Waals surface area contributed by atoms with Gasteiger partial charge in [-0.2, -0.15) is 0 Å². The van der Waals surface area contributed by atoms with Gasteiger partial charge >= 0.3 is 0 Å². The molecular formula is C61H70N8O12. The van der Waals surface area contributed by atoms with Crippen LogP contribution >= 0.6 is 0 Å². The summed E-state index contributed by atoms with van der Waals surface area (Å²) < 4.78 is 29.0. The van der Waals surface area contributed by atoms with E-state index in [4.69, 9.17) is 33.7 Å². The molecule has 0 saturated carbocycles. The molecule has 8 rings (SSSR count). The topological polar surface area (TPSA) is 236 Å². The molecule has 4 aliphatic rings. The number of fused-ring (bicyclic) bond motifs is 2. The highest BCUT2D eigenvalue weighted by atomic mass is 16.5. The van der Waals surface area contributed by atoms with Crippen LogP contribution < -0.4 is 39.6 Å². The molecule has 0 radical (unpaired) electrons. The number of carbonyl (C=O) groups is 7. The number of benzene rings is 4. The van der Waals surface area contributed by atoms with E-state index in [2.05, 4.69) is 16.0 Å². The largest absolute Gasteiger partial charge is 0.497 e. The Morgan fingerprint density at radius 1 is 0.778 bits per heavy atom. The van der Waals surface area contributed by atoms with Crippen molar-refractivity contribution in [2.45, 2.75) is 97.7 Å². The van der Waals surface area contributed by atoms with Crippen molar-refractivity contribution in [1.29, 1.82) is 0 Å². The number of nitrogens with zero attached hydrogens (tertiary/aromatic N) is 5. The molecule has 20 heteroatoms. The van der Waals surface area contributed by atoms with Crippen molar-refractivity contribution in [3.8, 4) is 28.7 Å². The second-order valence-electron chi connectivity index (χ2n) is 21.1. The van der Waals surface area contributed by atoms with Gasteiger partial charge in [0, 0.05) is 74.9 Å². The number of hydrogen-bond donors (Lipinski definition) is 3. The Balaban J connectivity index is 0.781. The number of hydrogen-bond acceptors (Lipinski definition) is 14. The fourth-order valence-corrected chi connectivity index (χ4v) is 9.89. The van der Waals surface area contributed by atoms with Crippen molar-refractivity contribution in [1.82, 2.24) is 25.3 Å². The molecule has 4 aromatic rings. The molecular weight excluding hydrogens is 1040 g/mol. The number of aliphatic imine (C=N–C) groups is 2. The van der Waals surface area contributed by atoms with E-state index in [1.807, 2.05) is 55.6 Å². The third-order valence-corrected chi connectivity index (χ3v) is 14.7. The van der Waals surface area contributed by atoms with Crippen LogP contribution in [-0.4, -0.2) is 135 Å². The van der Waals surface area contributed by atoms with E-state index in [0.29, 0.717) is 90.7 Å². The molecule has 4 aliphatic heterocycles. The van der Waals surface area contributed by atoms with Crippen molar-refractivity contribution in [3.63, 3.8) is 0 Å². The highest BCUT2D eigenvalue weighted by molar-refractivity contribution is 6.21. The van der Waals surface area contributed by atoms with Gasteiger partial charge in [-0.05, 0) is 104 Å². The standard InChI is InChI=1S/C61H70N8O12/c1-37(2)56(66-54(71)13-10-9-11-22-68-59(75)61(4,5)60(68)76)57(73)64-33-55(72)65-43-18-14-39(15-19-43)41-26-44(67(34-41)36-70)31-62-48-29-52(50(78-7)25-38(48)3)80-23-12-24-81-53-30-49-47(28-51(53)79-8)58(74)69-35-42(27-45(69)32-63-49)40-16-20-46(77-6)21-17-40/h14-21,25,28-32,34-37,44-45,56H,9-13,22-24,26-27,33H2,1-8H3,(H,64,73)(H,65,72)(H,66,71). The van der Waals surface area contributed by atoms with Gasteiger partial charge in [-0.15, -0.1) is 0 Å². The van der Waals surface area contributed by atoms with Crippen LogP contribution in [0.5, 0.6) is 28.7 Å². The van der Waals surface area contributed by atoms with Crippen LogP contribution in [0.2, 0.25) is 0 Å². The normalized spacial score (nSPS) is 17.4. The predicted octanol–water partition coefficient (Wildman–Crippen LogP) is 7.97. The van der Waals surface area contributed by atoms with E-state index in [9.17, 15) is 33.6 Å². The van der Waals surface area contributed by atoms with Crippen molar-refractivity contribution < 1.29 is 57.2 Å². The average Bonchev–Trinajstić information content (AvgIpc) is 4.10. The van der Waals surface area contributed by atoms with Gasteiger partial charge < -0.3 is 49.4 Å². The predicted molar refractivity (Wildman–Crippen MR) is 306 cm³/mol. The number of methoxy groups -OCH3 is 3. The van der Waals surface area contributed by atoms with E-state index >= 15 is 0 Å². The molecule has 7 amide bonds. The number of aryl methyl sites for hydroxylation is 1. The van der Waals surface area contributed by atoms with Gasteiger partial charge in [0.05, 0.1) is 70.1 Å². The van der Waals surface area contributed by atoms with Gasteiger partial charge in [0.25, 0.3) is 5.91 Å². The number of imide groups is 1. The number of unbranched alkanes of at least 4 members (excludes halogenated alkanes) is 2. The summed E-state index contributed by atoms with van der Waals surface area (Å²) in [6, 6.07) is 20.5. The first kappa shape index (κ1) is 58.3. The molecule has 81 heavy (non-hydrogen) atoms. The van der Waals surface area contributed by atoms with E-state index in [1.54, 1.807) is 101 Å². The lowest BCUT2D eigenvalue weighted by molar-refractivity contribution is -0.174. The zero-order chi connectivity index (χ0) is 58.0. The van der Waals surface area contributed by atoms with Gasteiger partial charge in [-0.1, -0.05) is 44.5 Å². The molecule has 0 spiro atoms. The van der Waals surface area contributed by atoms with Crippen LogP contribution in [0.4, 0.5) is 17.1 Å². The van der Waals surface area contributed by atoms with Crippen LogP contribution in [0.25, 0.3) is 11.1 Å². The monoisotopic (exact) mass is 1110 g/mol. The van der Waals surface area contributed by atoms with Crippen molar-refractivity contribution in [2.24, 2.45) is 21.3 Å². The molecule has 3 N–H and O–H groups in total. The highest BCUT2D eigenvalue weighted by Gasteiger charge is 2.53. The van der Waals surface area contributed by atoms with Gasteiger partial charge in [-0.25, -0.2) is 0 Å². The lowest BCUT2D eigenvalue weighted by atomic mass is 9.82. The summed E-state index contributed by atoms with van der Waals surface area (Å²) in [6.45, 7) is 9.28. The van der Waals surface area contributed by atoms with Crippen LogP contribution in [0.15, 0.2) is 95.2 Å². The molecule has 1 fully saturated rings. The minimum Gasteiger partial charge on any atom is -0.497 e. The lowest BCUT2D eigenvalue weighted by Crippen LogP contribution is -2.63. The van der Waals surface area contributed by atoms with Crippen LogP contribution in [-0.2, 0) is 28.8 Å². The van der Waals surface area contributed by atoms with Crippen molar-refractivity contribution in [2.75, 3.05) is 52.9 Å². The maximum Gasteiger partial charge on any atom is 0.260 e. The number of rotatable bonds is 26. The summed E-state index contributed by atoms with van der Waals surface area (Å²) in [5.74, 6) is 0.570. The summed E-state index contributed by atoms with van der Waals surface area (Å²) in [7, 11) is 4.72. The zero-order valence-electron chi connectivity index (χ0n) is 47.0. The molecule has 20 nitrogen and oxygen atoms in total. The summed E-state index contributed by atoms with van der Waals surface area (Å²) >= 11 is 0. The van der Waals surface area contributed by atoms with E-state index in [-0.39, 0.29) is 67.8 Å². The highest BCUT2D eigenvalue weighted by Crippen LogP contribution is 2.41. The molecule has 4 aromatic carbocycles. The second-order valence-corrected chi connectivity index (χ2v) is 21.1. The summed E-state index contributed by atoms with van der Waals surface area (Å²) in [4.78, 5) is 103. The Labute approximate surface area is 471 Å². The lowest BCUT2D eigenvalue weighted by Gasteiger charge is -2.41. The summed E-state index contributed by atoms with van der Waals surface area (Å²) in [5.41, 5.74) is 5.67. The first-order valence-corrected chi connectivity index (χ1v) is 27.1. The first-order chi connectivity index (χ1) is 38.9. The van der Waals surface area contributed by atoms with Crippen molar-refractivity contribution in [3.05, 3.63) is 107 Å². The summed E-state index contributed by atoms with van der Waals surface area (Å²) in [5, 5.41) is 8.18. The van der Waals surface area contributed by atoms with Crippen LogP contribution in [0.3, 0.4) is 0 Å². The quantitative estimate of drug-likeness (QED) is 0.0179. The smallest absolute Gasteiger partial charge is 0.260 e. The van der Waals surface area contributed by atoms with E-state index in [1.165, 1.54) is 12.0 Å². The number of β-lactam (4-membered cyclic amide) rings is 2. The molecule has 4 heterocycles. The molecule has 1 saturated heterocycles. The number of carbonyl (C=O) groups excluding carboxylic acids is 7. The number of amides is 7. The Kier molecular flexibility index (Phi) is 18.7. The number of likely N-dealkylation sites (tertiary alicyclic amines) is 1. The SMILES string of the molecule is COc1ccc(C2=CN3C(=O)c4cc(OC)c(OCCCOc5cc(N=CC6CC(c7ccc(NC(=O)CNC(=O)C(NC(=O)CCCCCN8C(=O)C(C)(C)C8=O)C(C)C)cc7)=CN6C=O)c(C)cc5OC)cc4N=CC3C2)cc1. The van der Waals surface area contributed by atoms with E-state index in [0.717, 1.165) is 40.0 Å². The van der Waals surface area contributed by atoms with Crippen molar-refractivity contribution >= 4 is 82.5 Å². The number of ether oxygens (including phenoxy) is 5. The van der Waals surface area contributed by atoms with E-state index < -0.39 is 23.3 Å². The zero-order valence-corrected chi connectivity index (χ0v) is 47.0. The Morgan fingerprint density at radius 3 is 2.09 bits per heavy atom. The van der Waals surface area contributed by atoms with Gasteiger partial charge in [0.1, 0.15) is 17.2 Å². The third-order valence-electron chi connectivity index (χ3n) is 14.7. The maximum atomic E-state index is 13.9. The van der Waals surface area contributed by atoms with Gasteiger partial charge in [0.15, 0.2) is 23.0 Å². The Morgan fingerprint density at radius 2 is 1.43 bits per heavy atom. The number of anilines is 1. The molecule has 0 aliphatic carbocycles. The summed E-state index contributed by atoms with van der Waals surface area (Å²) in [6.07, 6.45) is 11.4. The molecule has 0 aromatic heterocycles. The van der Waals surface area contributed by atoms with Crippen LogP contribution in [0, 0.1) is 18.3 Å². The molecule has 426 valence electrons. The molecule has 0 bridgehead atoms. The first-order valence-electron chi connectivity index (χ1n) is 27.1. The van der Waals surface area contributed by atoms with Gasteiger partial charge in [-0.3, -0.25) is 48.4 Å². The fourth-order valence-electron chi connectivity index (χ4n) is 9.89. The minimum absolute atomic E-state index is 0.173. The number of nitrogens with one attached hydrogen (secondary N) is 3. The van der Waals surface area contributed by atoms with Gasteiger partial charge in [0.2, 0.25) is 35.9 Å².